The van der Waals surface area contributed by atoms with Crippen LogP contribution in [0, 0.1) is 0 Å². The van der Waals surface area contributed by atoms with Crippen LogP contribution in [0.5, 0.6) is 0 Å². The number of aliphatic hydroxyl groups is 11. The van der Waals surface area contributed by atoms with Crippen molar-refractivity contribution in [1.82, 2.24) is 5.32 Å². The maximum atomic E-state index is 11.8. The third-order valence-electron chi connectivity index (χ3n) is 8.53. The summed E-state index contributed by atoms with van der Waals surface area (Å²) in [4.78, 5) is 11.8. The molecule has 4 fully saturated rings. The summed E-state index contributed by atoms with van der Waals surface area (Å²) in [7, 11) is 0. The van der Waals surface area contributed by atoms with E-state index in [4.69, 9.17) is 33.2 Å². The van der Waals surface area contributed by atoms with E-state index in [2.05, 4.69) is 5.32 Å². The minimum absolute atomic E-state index is 0.644. The van der Waals surface area contributed by atoms with Gasteiger partial charge in [-0.2, -0.15) is 0 Å². The number of ether oxygens (including phenoxy) is 7. The van der Waals surface area contributed by atoms with Gasteiger partial charge in [0, 0.05) is 6.92 Å². The first-order chi connectivity index (χ1) is 21.6. The molecule has 0 radical (unpaired) electrons. The molecule has 46 heavy (non-hydrogen) atoms. The Bertz CT molecular complexity index is 997. The maximum absolute atomic E-state index is 11.8. The lowest BCUT2D eigenvalue weighted by atomic mass is 9.95. The average molecular weight is 676 g/mol. The number of hydrogen-bond acceptors (Lipinski definition) is 19. The first-order valence-corrected chi connectivity index (χ1v) is 14.8. The minimum Gasteiger partial charge on any atom is -0.394 e. The number of hydrogen-bond donors (Lipinski definition) is 12. The Hall–Kier alpha value is -1.25. The first kappa shape index (κ1) is 37.6. The first-order valence-electron chi connectivity index (χ1n) is 14.8. The highest BCUT2D eigenvalue weighted by Gasteiger charge is 2.54. The lowest BCUT2D eigenvalue weighted by Gasteiger charge is -2.49. The van der Waals surface area contributed by atoms with Crippen LogP contribution in [-0.4, -0.2) is 198 Å². The molecular weight excluding hydrogens is 630 g/mol. The van der Waals surface area contributed by atoms with E-state index >= 15 is 0 Å². The molecule has 0 bridgehead atoms. The maximum Gasteiger partial charge on any atom is 0.217 e. The van der Waals surface area contributed by atoms with Gasteiger partial charge in [0.1, 0.15) is 85.4 Å². The van der Waals surface area contributed by atoms with Gasteiger partial charge in [0.05, 0.1) is 25.4 Å². The van der Waals surface area contributed by atoms with Gasteiger partial charge in [-0.05, 0) is 13.8 Å². The predicted octanol–water partition coefficient (Wildman–Crippen LogP) is -7.55. The topological polar surface area (TPSA) is 316 Å². The number of amides is 1. The van der Waals surface area contributed by atoms with Crippen molar-refractivity contribution in [3.05, 3.63) is 0 Å². The van der Waals surface area contributed by atoms with E-state index in [0.717, 1.165) is 6.92 Å². The van der Waals surface area contributed by atoms with E-state index in [1.165, 1.54) is 13.8 Å². The fourth-order valence-corrected chi connectivity index (χ4v) is 5.81. The minimum atomic E-state index is -1.89. The number of rotatable bonds is 9. The third-order valence-corrected chi connectivity index (χ3v) is 8.53. The fraction of sp³-hybridized carbons (Fsp3) is 0.962. The van der Waals surface area contributed by atoms with Crippen molar-refractivity contribution in [3.63, 3.8) is 0 Å². The molecule has 4 aliphatic heterocycles. The van der Waals surface area contributed by atoms with Gasteiger partial charge < -0.3 is 94.6 Å². The van der Waals surface area contributed by atoms with Crippen LogP contribution in [0.25, 0.3) is 0 Å². The van der Waals surface area contributed by atoms with Crippen LogP contribution in [0.2, 0.25) is 0 Å². The molecule has 0 aromatic rings. The molecule has 268 valence electrons. The molecular formula is C26H45NO19. The second kappa shape index (κ2) is 15.5. The monoisotopic (exact) mass is 675 g/mol. The van der Waals surface area contributed by atoms with Crippen molar-refractivity contribution in [2.75, 3.05) is 13.2 Å². The molecule has 0 spiro atoms. The molecule has 12 N–H and O–H groups in total. The zero-order valence-electron chi connectivity index (χ0n) is 25.1. The summed E-state index contributed by atoms with van der Waals surface area (Å²) in [6, 6.07) is -1.41. The average Bonchev–Trinajstić information content (AvgIpc) is 3.01. The quantitative estimate of drug-likeness (QED) is 0.108. The number of carbonyl (C=O) groups is 1. The van der Waals surface area contributed by atoms with Gasteiger partial charge in [-0.25, -0.2) is 0 Å². The van der Waals surface area contributed by atoms with Crippen LogP contribution >= 0.6 is 0 Å². The Labute approximate surface area is 262 Å². The lowest BCUT2D eigenvalue weighted by Crippen LogP contribution is -2.68. The van der Waals surface area contributed by atoms with Crippen molar-refractivity contribution >= 4 is 5.91 Å². The molecule has 20 nitrogen and oxygen atoms in total. The molecule has 4 rings (SSSR count). The molecule has 20 heteroatoms. The predicted molar refractivity (Wildman–Crippen MR) is 143 cm³/mol. The Morgan fingerprint density at radius 3 is 1.48 bits per heavy atom. The van der Waals surface area contributed by atoms with Gasteiger partial charge in [-0.15, -0.1) is 0 Å². The summed E-state index contributed by atoms with van der Waals surface area (Å²) in [5.41, 5.74) is 0. The standard InChI is InChI=1S/C26H45NO19/c1-6-12(31)20(44-24-11(27-8(3)30)16(35)14(33)10(5-29)43-24)18(37)25(40-6)45-21-13(32)7(2)41-26(19(21)38)46-22-17(36)15(34)9(4-28)42-23(22)39/h6-7,9-26,28-29,31-39H,4-5H2,1-3H3,(H,27,30)/t6-,7-,9+,10+,11+,12-,13-,14+,15-,16+,17-,18+,19+,20+,21+,22+,23-,24+,25-,26-/m0/s1. The van der Waals surface area contributed by atoms with Crippen LogP contribution in [0.3, 0.4) is 0 Å². The van der Waals surface area contributed by atoms with E-state index < -0.39 is 142 Å². The molecule has 4 aliphatic rings. The second-order valence-electron chi connectivity index (χ2n) is 11.8. The fourth-order valence-electron chi connectivity index (χ4n) is 5.81. The van der Waals surface area contributed by atoms with Crippen LogP contribution in [0.15, 0.2) is 0 Å². The summed E-state index contributed by atoms with van der Waals surface area (Å²) >= 11 is 0. The molecule has 20 atom stereocenters. The Balaban J connectivity index is 1.50. The van der Waals surface area contributed by atoms with Crippen molar-refractivity contribution in [1.29, 1.82) is 0 Å². The van der Waals surface area contributed by atoms with E-state index in [9.17, 15) is 61.0 Å². The molecule has 0 aliphatic carbocycles. The molecule has 0 unspecified atom stereocenters. The zero-order valence-corrected chi connectivity index (χ0v) is 25.1. The number of aliphatic hydroxyl groups excluding tert-OH is 11. The van der Waals surface area contributed by atoms with E-state index in [1.807, 2.05) is 0 Å². The largest absolute Gasteiger partial charge is 0.394 e. The second-order valence-corrected chi connectivity index (χ2v) is 11.8. The van der Waals surface area contributed by atoms with Gasteiger partial charge in [0.2, 0.25) is 5.91 Å². The molecule has 0 aromatic carbocycles. The SMILES string of the molecule is CC(=O)N[C@H]1[C@@H](O[C@@H]2[C@@H](O)[C@H](C)O[C@@H](O[C@@H]3[C@@H](O)[C@H](C)O[C@@H](O[C@@H]4[C@@H](O)[C@@H](O)[C@@H](CO)O[C@@H]4O)[C@@H]3O)[C@@H]2O)O[C@H](CO)[C@@H](O)[C@@H]1O. The lowest BCUT2D eigenvalue weighted by molar-refractivity contribution is -0.385. The normalized spacial score (nSPS) is 51.9. The molecule has 1 amide bonds. The van der Waals surface area contributed by atoms with Gasteiger partial charge in [-0.1, -0.05) is 0 Å². The molecule has 4 heterocycles. The highest BCUT2D eigenvalue weighted by Crippen LogP contribution is 2.34. The highest BCUT2D eigenvalue weighted by atomic mass is 16.8. The van der Waals surface area contributed by atoms with Crippen LogP contribution < -0.4 is 5.32 Å². The number of nitrogens with one attached hydrogen (secondary N) is 1. The van der Waals surface area contributed by atoms with Crippen molar-refractivity contribution in [2.45, 2.75) is 144 Å². The van der Waals surface area contributed by atoms with E-state index in [0.29, 0.717) is 0 Å². The van der Waals surface area contributed by atoms with Gasteiger partial charge in [0.15, 0.2) is 25.2 Å². The van der Waals surface area contributed by atoms with Crippen molar-refractivity contribution in [3.8, 4) is 0 Å². The summed E-state index contributed by atoms with van der Waals surface area (Å²) in [5, 5.41) is 117. The highest BCUT2D eigenvalue weighted by molar-refractivity contribution is 5.73. The van der Waals surface area contributed by atoms with Crippen LogP contribution in [-0.2, 0) is 38.0 Å². The Morgan fingerprint density at radius 1 is 0.565 bits per heavy atom. The third kappa shape index (κ3) is 7.64. The van der Waals surface area contributed by atoms with Crippen LogP contribution in [0.1, 0.15) is 20.8 Å². The summed E-state index contributed by atoms with van der Waals surface area (Å²) < 4.78 is 38.8. The zero-order chi connectivity index (χ0) is 34.2. The van der Waals surface area contributed by atoms with E-state index in [-0.39, 0.29) is 0 Å². The van der Waals surface area contributed by atoms with E-state index in [1.54, 1.807) is 0 Å². The number of carbonyl (C=O) groups excluding carboxylic acids is 1. The Morgan fingerprint density at radius 2 is 1.00 bits per heavy atom. The molecule has 4 saturated heterocycles. The molecule has 0 aromatic heterocycles. The summed E-state index contributed by atoms with van der Waals surface area (Å²) in [6.07, 6.45) is -30.5. The van der Waals surface area contributed by atoms with Crippen molar-refractivity contribution < 1.29 is 94.1 Å². The van der Waals surface area contributed by atoms with Crippen LogP contribution in [0.4, 0.5) is 0 Å². The molecule has 0 saturated carbocycles. The Kier molecular flexibility index (Phi) is 12.7. The van der Waals surface area contributed by atoms with Gasteiger partial charge >= 0.3 is 0 Å². The van der Waals surface area contributed by atoms with Gasteiger partial charge in [-0.3, -0.25) is 4.79 Å². The smallest absolute Gasteiger partial charge is 0.217 e. The van der Waals surface area contributed by atoms with Gasteiger partial charge in [0.25, 0.3) is 0 Å². The van der Waals surface area contributed by atoms with Crippen molar-refractivity contribution in [2.24, 2.45) is 0 Å². The summed E-state index contributed by atoms with van der Waals surface area (Å²) in [6.45, 7) is 2.40. The summed E-state index contributed by atoms with van der Waals surface area (Å²) in [5.74, 6) is -0.644.